The smallest absolute Gasteiger partial charge is 0.201 e. The van der Waals surface area contributed by atoms with E-state index in [9.17, 15) is 0 Å². The van der Waals surface area contributed by atoms with Crippen LogP contribution in [0.15, 0.2) is 29.0 Å². The summed E-state index contributed by atoms with van der Waals surface area (Å²) >= 11 is 3.47. The molecule has 6 nitrogen and oxygen atoms in total. The van der Waals surface area contributed by atoms with Crippen LogP contribution in [0, 0.1) is 0 Å². The molecule has 0 radical (unpaired) electrons. The third-order valence-electron chi connectivity index (χ3n) is 3.19. The second-order valence-electron chi connectivity index (χ2n) is 4.45. The minimum Gasteiger partial charge on any atom is -0.369 e. The Bertz CT molecular complexity index is 744. The Kier molecular flexibility index (Phi) is 2.78. The van der Waals surface area contributed by atoms with Crippen LogP contribution in [-0.4, -0.2) is 24.3 Å². The summed E-state index contributed by atoms with van der Waals surface area (Å²) in [5, 5.41) is 8.05. The summed E-state index contributed by atoms with van der Waals surface area (Å²) in [6, 6.07) is 5.86. The van der Waals surface area contributed by atoms with E-state index in [-0.39, 0.29) is 6.04 Å². The summed E-state index contributed by atoms with van der Waals surface area (Å²) in [5.74, 6) is 1.31. The molecule has 3 aromatic rings. The van der Waals surface area contributed by atoms with Gasteiger partial charge in [-0.1, -0.05) is 15.9 Å². The van der Waals surface area contributed by atoms with Gasteiger partial charge in [0, 0.05) is 11.5 Å². The van der Waals surface area contributed by atoms with Crippen molar-refractivity contribution in [2.75, 3.05) is 5.73 Å². The number of imidazole rings is 1. The van der Waals surface area contributed by atoms with E-state index in [2.05, 4.69) is 31.1 Å². The van der Waals surface area contributed by atoms with Gasteiger partial charge in [-0.25, -0.2) is 4.98 Å². The fourth-order valence-corrected chi connectivity index (χ4v) is 2.63. The monoisotopic (exact) mass is 320 g/mol. The normalized spacial score (nSPS) is 13.0. The number of anilines is 1. The van der Waals surface area contributed by atoms with Gasteiger partial charge in [-0.3, -0.25) is 4.57 Å². The number of hydrogen-bond donors (Lipinski definition) is 1. The first kappa shape index (κ1) is 12.2. The predicted octanol–water partition coefficient (Wildman–Crippen LogP) is 2.12. The highest BCUT2D eigenvalue weighted by atomic mass is 79.9. The van der Waals surface area contributed by atoms with Gasteiger partial charge in [-0.2, -0.15) is 0 Å². The van der Waals surface area contributed by atoms with Crippen LogP contribution in [0.5, 0.6) is 0 Å². The number of hydrogen-bond acceptors (Lipinski definition) is 4. The fourth-order valence-electron chi connectivity index (χ4n) is 2.28. The number of aryl methyl sites for hydroxylation is 1. The molecule has 0 saturated carbocycles. The molecule has 98 valence electrons. The van der Waals surface area contributed by atoms with Gasteiger partial charge in [0.05, 0.1) is 17.1 Å². The van der Waals surface area contributed by atoms with Crippen molar-refractivity contribution in [3.05, 3.63) is 34.8 Å². The first-order chi connectivity index (χ1) is 9.08. The maximum Gasteiger partial charge on any atom is 0.201 e. The summed E-state index contributed by atoms with van der Waals surface area (Å²) in [7, 11) is 1.91. The van der Waals surface area contributed by atoms with Crippen LogP contribution in [0.3, 0.4) is 0 Å². The van der Waals surface area contributed by atoms with E-state index >= 15 is 0 Å². The fraction of sp³-hybridized carbons (Fsp3) is 0.250. The third kappa shape index (κ3) is 1.90. The molecule has 1 unspecified atom stereocenters. The molecule has 19 heavy (non-hydrogen) atoms. The molecule has 0 fully saturated rings. The molecule has 0 aliphatic heterocycles. The molecule has 0 saturated heterocycles. The molecule has 3 rings (SSSR count). The van der Waals surface area contributed by atoms with Crippen molar-refractivity contribution < 1.29 is 0 Å². The highest BCUT2D eigenvalue weighted by Crippen LogP contribution is 2.28. The predicted molar refractivity (Wildman–Crippen MR) is 76.7 cm³/mol. The van der Waals surface area contributed by atoms with Gasteiger partial charge in [0.25, 0.3) is 0 Å². The molecule has 0 aliphatic carbocycles. The minimum absolute atomic E-state index is 0.0354. The zero-order chi connectivity index (χ0) is 13.6. The first-order valence-electron chi connectivity index (χ1n) is 5.85. The number of nitrogen functional groups attached to an aromatic ring is 1. The lowest BCUT2D eigenvalue weighted by atomic mass is 10.2. The Morgan fingerprint density at radius 1 is 1.37 bits per heavy atom. The average Bonchev–Trinajstić information content (AvgIpc) is 2.91. The molecular weight excluding hydrogens is 308 g/mol. The molecule has 7 heteroatoms. The van der Waals surface area contributed by atoms with Gasteiger partial charge in [0.1, 0.15) is 6.33 Å². The van der Waals surface area contributed by atoms with Gasteiger partial charge in [0.15, 0.2) is 5.82 Å². The van der Waals surface area contributed by atoms with Crippen LogP contribution in [-0.2, 0) is 7.05 Å². The molecule has 0 bridgehead atoms. The molecule has 1 atom stereocenters. The number of halogens is 1. The maximum atomic E-state index is 6.04. The average molecular weight is 321 g/mol. The SMILES string of the molecule is CC(c1nncn1C)n1c(N)nc2ccc(Br)cc21. The van der Waals surface area contributed by atoms with Crippen molar-refractivity contribution in [3.63, 3.8) is 0 Å². The molecule has 0 amide bonds. The summed E-state index contributed by atoms with van der Waals surface area (Å²) in [6.45, 7) is 2.03. The Balaban J connectivity index is 2.22. The Morgan fingerprint density at radius 3 is 2.84 bits per heavy atom. The Labute approximate surface area is 118 Å². The van der Waals surface area contributed by atoms with Gasteiger partial charge in [-0.05, 0) is 25.1 Å². The van der Waals surface area contributed by atoms with Crippen molar-refractivity contribution >= 4 is 32.9 Å². The summed E-state index contributed by atoms with van der Waals surface area (Å²) in [5.41, 5.74) is 7.88. The second kappa shape index (κ2) is 4.34. The molecule has 2 aromatic heterocycles. The van der Waals surface area contributed by atoms with E-state index < -0.39 is 0 Å². The number of nitrogens with zero attached hydrogens (tertiary/aromatic N) is 5. The molecule has 2 N–H and O–H groups in total. The van der Waals surface area contributed by atoms with Gasteiger partial charge < -0.3 is 10.3 Å². The number of benzene rings is 1. The Hall–Kier alpha value is -1.89. The van der Waals surface area contributed by atoms with Crippen LogP contribution >= 0.6 is 15.9 Å². The number of nitrogens with two attached hydrogens (primary N) is 1. The van der Waals surface area contributed by atoms with E-state index in [4.69, 9.17) is 5.73 Å². The van der Waals surface area contributed by atoms with Crippen molar-refractivity contribution in [2.24, 2.45) is 7.05 Å². The highest BCUT2D eigenvalue weighted by Gasteiger charge is 2.19. The van der Waals surface area contributed by atoms with Gasteiger partial charge in [-0.15, -0.1) is 10.2 Å². The lowest BCUT2D eigenvalue weighted by Crippen LogP contribution is -2.14. The van der Waals surface area contributed by atoms with Crippen LogP contribution in [0.2, 0.25) is 0 Å². The van der Waals surface area contributed by atoms with Crippen molar-refractivity contribution in [2.45, 2.75) is 13.0 Å². The quantitative estimate of drug-likeness (QED) is 0.784. The van der Waals surface area contributed by atoms with E-state index in [0.29, 0.717) is 5.95 Å². The maximum absolute atomic E-state index is 6.04. The minimum atomic E-state index is -0.0354. The zero-order valence-electron chi connectivity index (χ0n) is 10.6. The summed E-state index contributed by atoms with van der Waals surface area (Å²) in [6.07, 6.45) is 1.68. The molecule has 0 aliphatic rings. The van der Waals surface area contributed by atoms with Gasteiger partial charge in [0.2, 0.25) is 5.95 Å². The van der Waals surface area contributed by atoms with E-state index in [1.54, 1.807) is 6.33 Å². The summed E-state index contributed by atoms with van der Waals surface area (Å²) < 4.78 is 4.84. The topological polar surface area (TPSA) is 74.5 Å². The molecular formula is C12H13BrN6. The summed E-state index contributed by atoms with van der Waals surface area (Å²) in [4.78, 5) is 4.38. The van der Waals surface area contributed by atoms with Crippen LogP contribution in [0.25, 0.3) is 11.0 Å². The number of fused-ring (bicyclic) bond motifs is 1. The van der Waals surface area contributed by atoms with Crippen LogP contribution in [0.1, 0.15) is 18.8 Å². The zero-order valence-corrected chi connectivity index (χ0v) is 12.2. The third-order valence-corrected chi connectivity index (χ3v) is 3.68. The van der Waals surface area contributed by atoms with E-state index in [0.717, 1.165) is 21.3 Å². The number of rotatable bonds is 2. The molecule has 1 aromatic carbocycles. The standard InChI is InChI=1S/C12H13BrN6/c1-7(11-17-15-6-18(11)2)19-10-5-8(13)3-4-9(10)16-12(19)14/h3-7H,1-2H3,(H2,14,16). The molecule has 2 heterocycles. The number of aromatic nitrogens is 5. The van der Waals surface area contributed by atoms with Crippen molar-refractivity contribution in [3.8, 4) is 0 Å². The first-order valence-corrected chi connectivity index (χ1v) is 6.64. The van der Waals surface area contributed by atoms with Crippen LogP contribution in [0.4, 0.5) is 5.95 Å². The second-order valence-corrected chi connectivity index (χ2v) is 5.36. The molecule has 0 spiro atoms. The lowest BCUT2D eigenvalue weighted by Gasteiger charge is -2.15. The Morgan fingerprint density at radius 2 is 2.16 bits per heavy atom. The highest BCUT2D eigenvalue weighted by molar-refractivity contribution is 9.10. The van der Waals surface area contributed by atoms with E-state index in [1.165, 1.54) is 0 Å². The van der Waals surface area contributed by atoms with Crippen molar-refractivity contribution in [1.82, 2.24) is 24.3 Å². The largest absolute Gasteiger partial charge is 0.369 e. The lowest BCUT2D eigenvalue weighted by molar-refractivity contribution is 0.594. The van der Waals surface area contributed by atoms with Crippen LogP contribution < -0.4 is 5.73 Å². The van der Waals surface area contributed by atoms with E-state index in [1.807, 2.05) is 41.3 Å². The van der Waals surface area contributed by atoms with Crippen molar-refractivity contribution in [1.29, 1.82) is 0 Å². The van der Waals surface area contributed by atoms with Gasteiger partial charge >= 0.3 is 0 Å².